The summed E-state index contributed by atoms with van der Waals surface area (Å²) in [6, 6.07) is 12.5. The highest BCUT2D eigenvalue weighted by molar-refractivity contribution is 6.31. The van der Waals surface area contributed by atoms with Gasteiger partial charge in [-0.2, -0.15) is 0 Å². The zero-order valence-corrected chi connectivity index (χ0v) is 13.8. The van der Waals surface area contributed by atoms with Crippen molar-refractivity contribution in [2.75, 3.05) is 7.11 Å². The van der Waals surface area contributed by atoms with Crippen LogP contribution in [0.4, 0.5) is 4.79 Å². The molecule has 0 aromatic heterocycles. The Labute approximate surface area is 144 Å². The lowest BCUT2D eigenvalue weighted by molar-refractivity contribution is -0.123. The van der Waals surface area contributed by atoms with Gasteiger partial charge < -0.3 is 4.74 Å². The van der Waals surface area contributed by atoms with E-state index in [0.29, 0.717) is 5.56 Å². The number of benzene rings is 2. The van der Waals surface area contributed by atoms with Gasteiger partial charge in [-0.05, 0) is 47.4 Å². The molecule has 0 bridgehead atoms. The molecule has 1 aliphatic rings. The fourth-order valence-electron chi connectivity index (χ4n) is 2.62. The van der Waals surface area contributed by atoms with Crippen molar-refractivity contribution in [2.24, 2.45) is 0 Å². The van der Waals surface area contributed by atoms with Crippen molar-refractivity contribution >= 4 is 23.9 Å². The van der Waals surface area contributed by atoms with E-state index in [-0.39, 0.29) is 5.57 Å². The summed E-state index contributed by atoms with van der Waals surface area (Å²) in [7, 11) is 1.63. The van der Waals surface area contributed by atoms with Crippen molar-refractivity contribution in [3.8, 4) is 16.9 Å². The minimum absolute atomic E-state index is 0.104. The molecule has 1 heterocycles. The summed E-state index contributed by atoms with van der Waals surface area (Å²) in [5.41, 5.74) is 3.74. The van der Waals surface area contributed by atoms with E-state index < -0.39 is 17.8 Å². The average Bonchev–Trinajstić information content (AvgIpc) is 2.58. The lowest BCUT2D eigenvalue weighted by atomic mass is 9.98. The Bertz CT molecular complexity index is 876. The molecule has 0 aliphatic carbocycles. The number of barbiturate groups is 1. The number of nitrogens with one attached hydrogen (secondary N) is 2. The molecule has 4 amide bonds. The Hall–Kier alpha value is -3.41. The molecule has 2 N–H and O–H groups in total. The SMILES string of the molecule is COc1ccc(-c2ccc(C=C3C(=O)NC(=O)NC3=O)cc2)c(C)c1. The largest absolute Gasteiger partial charge is 0.497 e. The molecule has 3 rings (SSSR count). The third-order valence-electron chi connectivity index (χ3n) is 3.91. The number of carbonyl (C=O) groups excluding carboxylic acids is 3. The third-order valence-corrected chi connectivity index (χ3v) is 3.91. The van der Waals surface area contributed by atoms with Crippen molar-refractivity contribution in [3.63, 3.8) is 0 Å². The zero-order chi connectivity index (χ0) is 18.0. The van der Waals surface area contributed by atoms with E-state index in [9.17, 15) is 14.4 Å². The number of methoxy groups -OCH3 is 1. The first kappa shape index (κ1) is 16.4. The van der Waals surface area contributed by atoms with E-state index in [1.165, 1.54) is 6.08 Å². The lowest BCUT2D eigenvalue weighted by Crippen LogP contribution is -2.51. The fourth-order valence-corrected chi connectivity index (χ4v) is 2.62. The van der Waals surface area contributed by atoms with Gasteiger partial charge in [0, 0.05) is 0 Å². The number of imide groups is 2. The van der Waals surface area contributed by atoms with Gasteiger partial charge in [-0.3, -0.25) is 20.2 Å². The number of aryl methyl sites for hydroxylation is 1. The Morgan fingerprint density at radius 3 is 2.12 bits per heavy atom. The van der Waals surface area contributed by atoms with Crippen LogP contribution in [-0.2, 0) is 9.59 Å². The predicted molar refractivity (Wildman–Crippen MR) is 92.8 cm³/mol. The molecular formula is C19H16N2O4. The number of rotatable bonds is 3. The quantitative estimate of drug-likeness (QED) is 0.666. The summed E-state index contributed by atoms with van der Waals surface area (Å²) in [5.74, 6) is -0.612. The number of urea groups is 1. The van der Waals surface area contributed by atoms with Crippen molar-refractivity contribution < 1.29 is 19.1 Å². The van der Waals surface area contributed by atoms with E-state index in [1.54, 1.807) is 7.11 Å². The molecule has 126 valence electrons. The molecule has 0 spiro atoms. The van der Waals surface area contributed by atoms with Crippen molar-refractivity contribution in [1.82, 2.24) is 10.6 Å². The highest BCUT2D eigenvalue weighted by Crippen LogP contribution is 2.27. The molecule has 6 nitrogen and oxygen atoms in total. The molecule has 0 saturated carbocycles. The van der Waals surface area contributed by atoms with Gasteiger partial charge in [0.05, 0.1) is 7.11 Å². The summed E-state index contributed by atoms with van der Waals surface area (Å²) in [6.45, 7) is 2.00. The Balaban J connectivity index is 1.88. The van der Waals surface area contributed by atoms with E-state index in [2.05, 4.69) is 0 Å². The maximum Gasteiger partial charge on any atom is 0.328 e. The van der Waals surface area contributed by atoms with Crippen LogP contribution in [-0.4, -0.2) is 25.0 Å². The first-order chi connectivity index (χ1) is 12.0. The minimum atomic E-state index is -0.808. The Morgan fingerprint density at radius 1 is 0.920 bits per heavy atom. The van der Waals surface area contributed by atoms with Crippen LogP contribution in [0.25, 0.3) is 17.2 Å². The number of carbonyl (C=O) groups is 3. The van der Waals surface area contributed by atoms with Crippen LogP contribution in [0.3, 0.4) is 0 Å². The smallest absolute Gasteiger partial charge is 0.328 e. The molecule has 1 fully saturated rings. The highest BCUT2D eigenvalue weighted by atomic mass is 16.5. The van der Waals surface area contributed by atoms with Crippen LogP contribution in [0.1, 0.15) is 11.1 Å². The average molecular weight is 336 g/mol. The van der Waals surface area contributed by atoms with Gasteiger partial charge in [0.2, 0.25) is 0 Å². The molecule has 6 heteroatoms. The standard InChI is InChI=1S/C19H16N2O4/c1-11-9-14(25-2)7-8-15(11)13-5-3-12(4-6-13)10-16-17(22)20-19(24)21-18(16)23/h3-10H,1-2H3,(H2,20,21,22,23,24). The number of hydrogen-bond acceptors (Lipinski definition) is 4. The first-order valence-corrected chi connectivity index (χ1v) is 7.61. The van der Waals surface area contributed by atoms with Gasteiger partial charge in [0.15, 0.2) is 0 Å². The summed E-state index contributed by atoms with van der Waals surface area (Å²) >= 11 is 0. The van der Waals surface area contributed by atoms with E-state index in [0.717, 1.165) is 22.4 Å². The van der Waals surface area contributed by atoms with Crippen LogP contribution in [0.5, 0.6) is 5.75 Å². The van der Waals surface area contributed by atoms with E-state index in [1.807, 2.05) is 60.0 Å². The molecule has 25 heavy (non-hydrogen) atoms. The van der Waals surface area contributed by atoms with Gasteiger partial charge in [-0.1, -0.05) is 30.3 Å². The molecule has 0 atom stereocenters. The van der Waals surface area contributed by atoms with Gasteiger partial charge >= 0.3 is 6.03 Å². The summed E-state index contributed by atoms with van der Waals surface area (Å²) in [4.78, 5) is 34.5. The van der Waals surface area contributed by atoms with Gasteiger partial charge in [-0.25, -0.2) is 4.79 Å². The van der Waals surface area contributed by atoms with Crippen molar-refractivity contribution in [3.05, 3.63) is 59.2 Å². The van der Waals surface area contributed by atoms with Gasteiger partial charge in [0.25, 0.3) is 11.8 Å². The predicted octanol–water partition coefficient (Wildman–Crippen LogP) is 2.42. The highest BCUT2D eigenvalue weighted by Gasteiger charge is 2.27. The molecule has 0 radical (unpaired) electrons. The van der Waals surface area contributed by atoms with Crippen molar-refractivity contribution in [1.29, 1.82) is 0 Å². The second-order valence-electron chi connectivity index (χ2n) is 5.60. The molecule has 1 saturated heterocycles. The maximum atomic E-state index is 11.7. The van der Waals surface area contributed by atoms with E-state index in [4.69, 9.17) is 4.74 Å². The molecule has 2 aromatic rings. The molecule has 2 aromatic carbocycles. The monoisotopic (exact) mass is 336 g/mol. The normalized spacial score (nSPS) is 14.0. The number of ether oxygens (including phenoxy) is 1. The summed E-state index contributed by atoms with van der Waals surface area (Å²) < 4.78 is 5.21. The lowest BCUT2D eigenvalue weighted by Gasteiger charge is -2.14. The third kappa shape index (κ3) is 3.42. The topological polar surface area (TPSA) is 84.5 Å². The second kappa shape index (κ2) is 6.60. The fraction of sp³-hybridized carbons (Fsp3) is 0.105. The minimum Gasteiger partial charge on any atom is -0.497 e. The molecule has 1 aliphatic heterocycles. The summed E-state index contributed by atoms with van der Waals surface area (Å²) in [5, 5.41) is 4.09. The number of hydrogen-bond donors (Lipinski definition) is 2. The Kier molecular flexibility index (Phi) is 4.35. The van der Waals surface area contributed by atoms with Crippen LogP contribution in [0, 0.1) is 6.92 Å². The molecular weight excluding hydrogens is 320 g/mol. The molecule has 0 unspecified atom stereocenters. The van der Waals surface area contributed by atoms with Crippen molar-refractivity contribution in [2.45, 2.75) is 6.92 Å². The zero-order valence-electron chi connectivity index (χ0n) is 13.8. The van der Waals surface area contributed by atoms with Crippen LogP contribution in [0.2, 0.25) is 0 Å². The second-order valence-corrected chi connectivity index (χ2v) is 5.60. The van der Waals surface area contributed by atoms with E-state index >= 15 is 0 Å². The van der Waals surface area contributed by atoms with Crippen LogP contribution < -0.4 is 15.4 Å². The van der Waals surface area contributed by atoms with Crippen LogP contribution in [0.15, 0.2) is 48.0 Å². The van der Waals surface area contributed by atoms with Crippen LogP contribution >= 0.6 is 0 Å². The first-order valence-electron chi connectivity index (χ1n) is 7.61. The summed E-state index contributed by atoms with van der Waals surface area (Å²) in [6.07, 6.45) is 1.45. The Morgan fingerprint density at radius 2 is 1.56 bits per heavy atom. The number of amides is 4. The maximum absolute atomic E-state index is 11.7. The van der Waals surface area contributed by atoms with Gasteiger partial charge in [0.1, 0.15) is 11.3 Å². The van der Waals surface area contributed by atoms with Gasteiger partial charge in [-0.15, -0.1) is 0 Å².